The number of benzene rings is 2. The van der Waals surface area contributed by atoms with Crippen molar-refractivity contribution in [2.45, 2.75) is 47.0 Å². The number of rotatable bonds is 1. The molecule has 0 bridgehead atoms. The minimum atomic E-state index is 0.193. The van der Waals surface area contributed by atoms with Crippen molar-refractivity contribution < 1.29 is 0 Å². The number of nitrogens with zero attached hydrogens (tertiary/aromatic N) is 1. The van der Waals surface area contributed by atoms with Crippen LogP contribution in [0.1, 0.15) is 43.2 Å². The predicted octanol–water partition coefficient (Wildman–Crippen LogP) is 5.85. The molecule has 0 unspecified atom stereocenters. The third-order valence-electron chi connectivity index (χ3n) is 4.74. The number of hydrogen-bond acceptors (Lipinski definition) is 0. The third kappa shape index (κ3) is 2.25. The second-order valence-electron chi connectivity index (χ2n) is 7.31. The van der Waals surface area contributed by atoms with Gasteiger partial charge in [0.15, 0.2) is 0 Å². The maximum atomic E-state index is 2.40. The fourth-order valence-electron chi connectivity index (χ4n) is 3.22. The van der Waals surface area contributed by atoms with Crippen LogP contribution in [0.4, 0.5) is 0 Å². The number of aromatic nitrogens is 1. The van der Waals surface area contributed by atoms with E-state index in [1.165, 1.54) is 39.0 Å². The largest absolute Gasteiger partial charge is 0.313 e. The van der Waals surface area contributed by atoms with Gasteiger partial charge in [-0.3, -0.25) is 0 Å². The molecule has 114 valence electrons. The molecular formula is C21H25N. The molecule has 1 heterocycles. The van der Waals surface area contributed by atoms with Gasteiger partial charge < -0.3 is 4.57 Å². The first-order valence-electron chi connectivity index (χ1n) is 7.99. The third-order valence-corrected chi connectivity index (χ3v) is 4.74. The van der Waals surface area contributed by atoms with Crippen molar-refractivity contribution in [3.8, 4) is 5.69 Å². The molecule has 3 aromatic rings. The van der Waals surface area contributed by atoms with Gasteiger partial charge in [-0.1, -0.05) is 51.1 Å². The zero-order valence-electron chi connectivity index (χ0n) is 14.5. The first kappa shape index (κ1) is 14.9. The van der Waals surface area contributed by atoms with Crippen molar-refractivity contribution in [3.63, 3.8) is 0 Å². The van der Waals surface area contributed by atoms with Crippen LogP contribution in [-0.2, 0) is 5.41 Å². The minimum absolute atomic E-state index is 0.193. The second kappa shape index (κ2) is 5.01. The van der Waals surface area contributed by atoms with Crippen molar-refractivity contribution in [2.24, 2.45) is 0 Å². The lowest BCUT2D eigenvalue weighted by molar-refractivity contribution is 0.590. The topological polar surface area (TPSA) is 4.93 Å². The summed E-state index contributed by atoms with van der Waals surface area (Å²) in [5, 5.41) is 1.36. The van der Waals surface area contributed by atoms with Gasteiger partial charge in [0.1, 0.15) is 0 Å². The fraction of sp³-hybridized carbons (Fsp3) is 0.333. The van der Waals surface area contributed by atoms with Crippen LogP contribution < -0.4 is 0 Å². The minimum Gasteiger partial charge on any atom is -0.313 e. The SMILES string of the molecule is Cc1c(C)n(-c2ccc(C(C)(C)C)cc2)c2c(C)cccc12. The maximum Gasteiger partial charge on any atom is 0.0563 e. The van der Waals surface area contributed by atoms with E-state index < -0.39 is 0 Å². The molecule has 0 aliphatic carbocycles. The molecule has 0 saturated carbocycles. The lowest BCUT2D eigenvalue weighted by Gasteiger charge is -2.20. The van der Waals surface area contributed by atoms with E-state index in [-0.39, 0.29) is 5.41 Å². The highest BCUT2D eigenvalue weighted by atomic mass is 15.0. The average Bonchev–Trinajstić information content (AvgIpc) is 2.72. The summed E-state index contributed by atoms with van der Waals surface area (Å²) in [5.41, 5.74) is 8.18. The number of hydrogen-bond donors (Lipinski definition) is 0. The van der Waals surface area contributed by atoms with Gasteiger partial charge in [-0.05, 0) is 55.0 Å². The van der Waals surface area contributed by atoms with E-state index in [9.17, 15) is 0 Å². The van der Waals surface area contributed by atoms with Gasteiger partial charge in [-0.2, -0.15) is 0 Å². The first-order chi connectivity index (χ1) is 10.3. The van der Waals surface area contributed by atoms with Crippen molar-refractivity contribution in [3.05, 3.63) is 64.8 Å². The molecule has 0 aliphatic rings. The second-order valence-corrected chi connectivity index (χ2v) is 7.31. The number of fused-ring (bicyclic) bond motifs is 1. The molecule has 1 aromatic heterocycles. The molecule has 2 aromatic carbocycles. The Morgan fingerprint density at radius 1 is 0.818 bits per heavy atom. The van der Waals surface area contributed by atoms with Gasteiger partial charge in [0, 0.05) is 16.8 Å². The van der Waals surface area contributed by atoms with Crippen LogP contribution in [0.25, 0.3) is 16.6 Å². The summed E-state index contributed by atoms with van der Waals surface area (Å²) in [7, 11) is 0. The maximum absolute atomic E-state index is 2.40. The van der Waals surface area contributed by atoms with Gasteiger partial charge in [0.25, 0.3) is 0 Å². The molecule has 0 aliphatic heterocycles. The van der Waals surface area contributed by atoms with Gasteiger partial charge in [0.2, 0.25) is 0 Å². The van der Waals surface area contributed by atoms with Crippen LogP contribution >= 0.6 is 0 Å². The van der Waals surface area contributed by atoms with Gasteiger partial charge in [0.05, 0.1) is 5.52 Å². The van der Waals surface area contributed by atoms with Crippen LogP contribution in [0.5, 0.6) is 0 Å². The summed E-state index contributed by atoms with van der Waals surface area (Å²) >= 11 is 0. The van der Waals surface area contributed by atoms with Crippen LogP contribution in [0, 0.1) is 20.8 Å². The summed E-state index contributed by atoms with van der Waals surface area (Å²) in [6.07, 6.45) is 0. The van der Waals surface area contributed by atoms with Crippen LogP contribution in [0.3, 0.4) is 0 Å². The number of para-hydroxylation sites is 1. The molecule has 0 radical (unpaired) electrons. The van der Waals surface area contributed by atoms with Crippen LogP contribution in [0.15, 0.2) is 42.5 Å². The Labute approximate surface area is 133 Å². The van der Waals surface area contributed by atoms with Crippen molar-refractivity contribution in [2.75, 3.05) is 0 Å². The highest BCUT2D eigenvalue weighted by molar-refractivity contribution is 5.89. The molecular weight excluding hydrogens is 266 g/mol. The van der Waals surface area contributed by atoms with Gasteiger partial charge >= 0.3 is 0 Å². The molecule has 0 amide bonds. The highest BCUT2D eigenvalue weighted by Crippen LogP contribution is 2.31. The Morgan fingerprint density at radius 2 is 1.45 bits per heavy atom. The van der Waals surface area contributed by atoms with E-state index in [1.54, 1.807) is 0 Å². The summed E-state index contributed by atoms with van der Waals surface area (Å²) in [6.45, 7) is 13.4. The molecule has 0 saturated heterocycles. The van der Waals surface area contributed by atoms with E-state index in [1.807, 2.05) is 0 Å². The van der Waals surface area contributed by atoms with Crippen LogP contribution in [0.2, 0.25) is 0 Å². The van der Waals surface area contributed by atoms with E-state index in [0.717, 1.165) is 0 Å². The molecule has 22 heavy (non-hydrogen) atoms. The zero-order valence-corrected chi connectivity index (χ0v) is 14.5. The summed E-state index contributed by atoms with van der Waals surface area (Å²) in [5.74, 6) is 0. The molecule has 0 N–H and O–H groups in total. The Morgan fingerprint density at radius 3 is 2.05 bits per heavy atom. The summed E-state index contributed by atoms with van der Waals surface area (Å²) < 4.78 is 2.40. The fourth-order valence-corrected chi connectivity index (χ4v) is 3.22. The average molecular weight is 291 g/mol. The normalized spacial score (nSPS) is 12.1. The van der Waals surface area contributed by atoms with Crippen molar-refractivity contribution >= 4 is 10.9 Å². The Balaban J connectivity index is 2.25. The molecule has 0 atom stereocenters. The Bertz CT molecular complexity index is 827. The highest BCUT2D eigenvalue weighted by Gasteiger charge is 2.16. The molecule has 0 spiro atoms. The van der Waals surface area contributed by atoms with E-state index in [0.29, 0.717) is 0 Å². The standard InChI is InChI=1S/C21H25N/c1-14-8-7-9-19-15(2)16(3)22(20(14)19)18-12-10-17(11-13-18)21(4,5)6/h7-13H,1-6H3. The van der Waals surface area contributed by atoms with Crippen molar-refractivity contribution in [1.29, 1.82) is 0 Å². The first-order valence-corrected chi connectivity index (χ1v) is 7.99. The smallest absolute Gasteiger partial charge is 0.0563 e. The lowest BCUT2D eigenvalue weighted by atomic mass is 9.87. The number of aryl methyl sites for hydroxylation is 2. The Kier molecular flexibility index (Phi) is 3.40. The Hall–Kier alpha value is -2.02. The molecule has 0 fully saturated rings. The summed E-state index contributed by atoms with van der Waals surface area (Å²) in [6, 6.07) is 15.6. The van der Waals surface area contributed by atoms with Gasteiger partial charge in [-0.15, -0.1) is 0 Å². The van der Waals surface area contributed by atoms with E-state index in [2.05, 4.69) is 88.6 Å². The monoisotopic (exact) mass is 291 g/mol. The zero-order chi connectivity index (χ0) is 16.1. The van der Waals surface area contributed by atoms with Crippen molar-refractivity contribution in [1.82, 2.24) is 4.57 Å². The lowest BCUT2D eigenvalue weighted by Crippen LogP contribution is -2.11. The quantitative estimate of drug-likeness (QED) is 0.529. The molecule has 1 heteroatoms. The molecule has 3 rings (SSSR count). The summed E-state index contributed by atoms with van der Waals surface area (Å²) in [4.78, 5) is 0. The van der Waals surface area contributed by atoms with Gasteiger partial charge in [-0.25, -0.2) is 0 Å². The van der Waals surface area contributed by atoms with Crippen LogP contribution in [-0.4, -0.2) is 4.57 Å². The predicted molar refractivity (Wildman–Crippen MR) is 96.2 cm³/mol. The molecule has 1 nitrogen and oxygen atoms in total. The van der Waals surface area contributed by atoms with E-state index in [4.69, 9.17) is 0 Å². The van der Waals surface area contributed by atoms with E-state index >= 15 is 0 Å².